The predicted octanol–water partition coefficient (Wildman–Crippen LogP) is 2.93. The summed E-state index contributed by atoms with van der Waals surface area (Å²) in [4.78, 5) is 11.3. The summed E-state index contributed by atoms with van der Waals surface area (Å²) in [6.07, 6.45) is 0.377. The maximum Gasteiger partial charge on any atom is 0.150 e. The van der Waals surface area contributed by atoms with E-state index in [1.54, 1.807) is 23.5 Å². The van der Waals surface area contributed by atoms with Crippen molar-refractivity contribution in [3.63, 3.8) is 0 Å². The van der Waals surface area contributed by atoms with Crippen LogP contribution in [0.1, 0.15) is 17.8 Å². The van der Waals surface area contributed by atoms with Crippen LogP contribution in [0.3, 0.4) is 0 Å². The Morgan fingerprint density at radius 2 is 2.04 bits per heavy atom. The monoisotopic (exact) mass is 387 g/mol. The normalized spacial score (nSPS) is 23.1. The van der Waals surface area contributed by atoms with Crippen molar-refractivity contribution < 1.29 is 14.6 Å². The number of aliphatic hydroxyl groups excluding tert-OH is 2. The van der Waals surface area contributed by atoms with E-state index in [0.29, 0.717) is 31.8 Å². The lowest BCUT2D eigenvalue weighted by Crippen LogP contribution is -2.55. The van der Waals surface area contributed by atoms with Gasteiger partial charge in [-0.3, -0.25) is 0 Å². The lowest BCUT2D eigenvalue weighted by atomic mass is 9.73. The zero-order valence-corrected chi connectivity index (χ0v) is 15.9. The van der Waals surface area contributed by atoms with Crippen molar-refractivity contribution in [1.29, 1.82) is 0 Å². The quantitative estimate of drug-likeness (QED) is 0.720. The number of anilines is 1. The summed E-state index contributed by atoms with van der Waals surface area (Å²) in [7, 11) is 0. The number of fused-ring (bicyclic) bond motifs is 1. The van der Waals surface area contributed by atoms with Gasteiger partial charge >= 0.3 is 0 Å². The molecule has 142 valence electrons. The van der Waals surface area contributed by atoms with E-state index in [4.69, 9.17) is 0 Å². The molecule has 3 heterocycles. The predicted molar refractivity (Wildman–Crippen MR) is 105 cm³/mol. The number of hydrogen-bond acceptors (Lipinski definition) is 6. The molecule has 1 fully saturated rings. The molecule has 0 bridgehead atoms. The highest BCUT2D eigenvalue weighted by molar-refractivity contribution is 7.17. The lowest BCUT2D eigenvalue weighted by Gasteiger charge is -2.46. The second-order valence-electron chi connectivity index (χ2n) is 7.28. The van der Waals surface area contributed by atoms with Gasteiger partial charge < -0.3 is 15.1 Å². The lowest BCUT2D eigenvalue weighted by molar-refractivity contribution is -0.0292. The number of piperidine rings is 1. The van der Waals surface area contributed by atoms with Gasteiger partial charge in [-0.1, -0.05) is 12.1 Å². The Morgan fingerprint density at radius 1 is 1.26 bits per heavy atom. The second-order valence-corrected chi connectivity index (χ2v) is 8.20. The average molecular weight is 387 g/mol. The molecule has 0 amide bonds. The highest BCUT2D eigenvalue weighted by Crippen LogP contribution is 2.38. The van der Waals surface area contributed by atoms with Gasteiger partial charge in [0.25, 0.3) is 0 Å². The molecule has 7 heteroatoms. The first-order chi connectivity index (χ1) is 13.0. The van der Waals surface area contributed by atoms with Crippen LogP contribution in [0.4, 0.5) is 10.2 Å². The molecule has 0 aliphatic carbocycles. The minimum absolute atomic E-state index is 0.153. The number of hydrogen-bond donors (Lipinski definition) is 2. The molecule has 1 aromatic carbocycles. The molecule has 2 aromatic heterocycles. The Bertz CT molecular complexity index is 946. The Balaban J connectivity index is 1.68. The highest BCUT2D eigenvalue weighted by atomic mass is 32.1. The highest BCUT2D eigenvalue weighted by Gasteiger charge is 2.43. The molecular weight excluding hydrogens is 365 g/mol. The van der Waals surface area contributed by atoms with Crippen molar-refractivity contribution in [2.24, 2.45) is 5.41 Å². The maximum atomic E-state index is 13.2. The molecule has 1 aliphatic heterocycles. The van der Waals surface area contributed by atoms with E-state index in [9.17, 15) is 14.6 Å². The third-order valence-electron chi connectivity index (χ3n) is 5.37. The summed E-state index contributed by atoms with van der Waals surface area (Å²) in [5.74, 6) is 1.27. The average Bonchev–Trinajstić information content (AvgIpc) is 3.13. The first-order valence-corrected chi connectivity index (χ1v) is 9.89. The van der Waals surface area contributed by atoms with Crippen LogP contribution in [0.2, 0.25) is 0 Å². The molecule has 4 rings (SSSR count). The van der Waals surface area contributed by atoms with E-state index in [-0.39, 0.29) is 12.4 Å². The molecule has 2 atom stereocenters. The maximum absolute atomic E-state index is 13.2. The van der Waals surface area contributed by atoms with Crippen LogP contribution in [0.5, 0.6) is 0 Å². The summed E-state index contributed by atoms with van der Waals surface area (Å²) in [5, 5.41) is 23.0. The van der Waals surface area contributed by atoms with Gasteiger partial charge in [0.2, 0.25) is 0 Å². The van der Waals surface area contributed by atoms with Gasteiger partial charge in [-0.15, -0.1) is 11.3 Å². The molecule has 27 heavy (non-hydrogen) atoms. The first-order valence-electron chi connectivity index (χ1n) is 9.01. The van der Waals surface area contributed by atoms with Gasteiger partial charge in [0.1, 0.15) is 17.5 Å². The summed E-state index contributed by atoms with van der Waals surface area (Å²) in [6, 6.07) is 8.23. The first kappa shape index (κ1) is 18.3. The van der Waals surface area contributed by atoms with Crippen molar-refractivity contribution >= 4 is 27.4 Å². The largest absolute Gasteiger partial charge is 0.396 e. The molecule has 3 aromatic rings. The van der Waals surface area contributed by atoms with Crippen LogP contribution in [0.25, 0.3) is 10.2 Å². The van der Waals surface area contributed by atoms with Crippen LogP contribution in [-0.4, -0.2) is 46.0 Å². The van der Waals surface area contributed by atoms with Crippen molar-refractivity contribution in [3.8, 4) is 0 Å². The molecule has 1 saturated heterocycles. The fourth-order valence-corrected chi connectivity index (χ4v) is 4.75. The smallest absolute Gasteiger partial charge is 0.150 e. The van der Waals surface area contributed by atoms with E-state index in [1.165, 1.54) is 12.1 Å². The summed E-state index contributed by atoms with van der Waals surface area (Å²) in [6.45, 7) is 2.86. The number of nitrogens with zero attached hydrogens (tertiary/aromatic N) is 3. The molecule has 0 spiro atoms. The topological polar surface area (TPSA) is 69.5 Å². The van der Waals surface area contributed by atoms with Crippen LogP contribution < -0.4 is 4.90 Å². The Hall–Kier alpha value is -2.09. The third-order valence-corrected chi connectivity index (χ3v) is 6.27. The summed E-state index contributed by atoms with van der Waals surface area (Å²) in [5.41, 5.74) is 1.09. The van der Waals surface area contributed by atoms with Crippen LogP contribution in [0.15, 0.2) is 35.7 Å². The number of rotatable bonds is 4. The van der Waals surface area contributed by atoms with Crippen molar-refractivity contribution in [3.05, 3.63) is 52.9 Å². The SMILES string of the molecule is Cc1nc(N2CC[C@H](O)[C@@](CO)(Cc3ccc(F)cc3)C2)c2sccc2n1. The van der Waals surface area contributed by atoms with Crippen molar-refractivity contribution in [2.75, 3.05) is 24.6 Å². The molecule has 1 aliphatic rings. The van der Waals surface area contributed by atoms with Gasteiger partial charge in [-0.25, -0.2) is 14.4 Å². The fourth-order valence-electron chi connectivity index (χ4n) is 3.90. The van der Waals surface area contributed by atoms with E-state index >= 15 is 0 Å². The summed E-state index contributed by atoms with van der Waals surface area (Å²) >= 11 is 1.60. The molecule has 5 nitrogen and oxygen atoms in total. The molecule has 0 saturated carbocycles. The van der Waals surface area contributed by atoms with Gasteiger partial charge in [0.05, 0.1) is 22.9 Å². The second kappa shape index (κ2) is 7.14. The number of aliphatic hydroxyl groups is 2. The van der Waals surface area contributed by atoms with Gasteiger partial charge in [-0.2, -0.15) is 0 Å². The van der Waals surface area contributed by atoms with Gasteiger partial charge in [0.15, 0.2) is 0 Å². The summed E-state index contributed by atoms with van der Waals surface area (Å²) < 4.78 is 14.3. The van der Waals surface area contributed by atoms with E-state index in [0.717, 1.165) is 21.6 Å². The van der Waals surface area contributed by atoms with Gasteiger partial charge in [-0.05, 0) is 48.9 Å². The van der Waals surface area contributed by atoms with Crippen molar-refractivity contribution in [2.45, 2.75) is 25.9 Å². The van der Waals surface area contributed by atoms with E-state index in [1.807, 2.05) is 18.4 Å². The zero-order valence-electron chi connectivity index (χ0n) is 15.1. The number of thiophene rings is 1. The van der Waals surface area contributed by atoms with Crippen LogP contribution in [-0.2, 0) is 6.42 Å². The number of aryl methyl sites for hydroxylation is 1. The van der Waals surface area contributed by atoms with Crippen LogP contribution in [0, 0.1) is 18.2 Å². The Kier molecular flexibility index (Phi) is 4.84. The molecule has 2 N–H and O–H groups in total. The molecule has 0 radical (unpaired) electrons. The van der Waals surface area contributed by atoms with Crippen molar-refractivity contribution in [1.82, 2.24) is 9.97 Å². The van der Waals surface area contributed by atoms with Gasteiger partial charge in [0, 0.05) is 18.5 Å². The standard InChI is InChI=1S/C20H22FN3O2S/c1-13-22-16-7-9-27-18(16)19(23-13)24-8-6-17(26)20(11-24,12-25)10-14-2-4-15(21)5-3-14/h2-5,7,9,17,25-26H,6,8,10-12H2,1H3/t17-,20-/m0/s1. The fraction of sp³-hybridized carbons (Fsp3) is 0.400. The number of aromatic nitrogens is 2. The zero-order chi connectivity index (χ0) is 19.0. The minimum Gasteiger partial charge on any atom is -0.396 e. The number of benzene rings is 1. The molecular formula is C20H22FN3O2S. The number of halogens is 1. The minimum atomic E-state index is -0.724. The molecule has 0 unspecified atom stereocenters. The Morgan fingerprint density at radius 3 is 2.78 bits per heavy atom. The Labute approximate surface area is 161 Å². The van der Waals surface area contributed by atoms with Crippen LogP contribution >= 0.6 is 11.3 Å². The van der Waals surface area contributed by atoms with E-state index < -0.39 is 11.5 Å². The third kappa shape index (κ3) is 3.42. The van der Waals surface area contributed by atoms with E-state index in [2.05, 4.69) is 14.9 Å².